The zero-order valence-corrected chi connectivity index (χ0v) is 18.1. The highest BCUT2D eigenvalue weighted by atomic mass is 16.5. The first kappa shape index (κ1) is 14.6. The molecule has 1 unspecified atom stereocenters. The second kappa shape index (κ2) is 11.3. The van der Waals surface area contributed by atoms with Crippen LogP contribution < -0.4 is 9.47 Å². The van der Waals surface area contributed by atoms with E-state index in [-0.39, 0.29) is 62.2 Å². The molecule has 1 atom stereocenters. The van der Waals surface area contributed by atoms with Gasteiger partial charge in [0.05, 0.1) is 24.6 Å². The fourth-order valence-corrected chi connectivity index (χ4v) is 3.37. The smallest absolute Gasteiger partial charge is 0.161 e. The Balaban J connectivity index is 1.65. The van der Waals surface area contributed by atoms with E-state index < -0.39 is 31.5 Å². The average molecular weight is 435 g/mol. The van der Waals surface area contributed by atoms with E-state index in [1.807, 2.05) is 0 Å². The van der Waals surface area contributed by atoms with Gasteiger partial charge in [-0.2, -0.15) is 0 Å². The minimum Gasteiger partial charge on any atom is -0.493 e. The van der Waals surface area contributed by atoms with Crippen LogP contribution >= 0.6 is 0 Å². The van der Waals surface area contributed by atoms with Crippen LogP contribution in [0.5, 0.6) is 11.5 Å². The molecule has 3 rings (SSSR count). The van der Waals surface area contributed by atoms with Gasteiger partial charge in [0, 0.05) is 39.1 Å². The van der Waals surface area contributed by atoms with Crippen molar-refractivity contribution in [2.75, 3.05) is 52.9 Å². The molecule has 0 aromatic heterocycles. The van der Waals surface area contributed by atoms with Gasteiger partial charge in [-0.25, -0.2) is 0 Å². The van der Waals surface area contributed by atoms with Crippen LogP contribution in [-0.4, -0.2) is 79.7 Å². The summed E-state index contributed by atoms with van der Waals surface area (Å²) in [7, 11) is 1.39. The minimum absolute atomic E-state index is 0.0325. The first-order valence-electron chi connectivity index (χ1n) is 14.1. The van der Waals surface area contributed by atoms with Crippen molar-refractivity contribution in [3.05, 3.63) is 59.1 Å². The van der Waals surface area contributed by atoms with Crippen LogP contribution in [0, 0.1) is 13.8 Å². The third-order valence-electron chi connectivity index (χ3n) is 5.12. The molecule has 6 nitrogen and oxygen atoms in total. The highest BCUT2D eigenvalue weighted by Crippen LogP contribution is 2.25. The van der Waals surface area contributed by atoms with Crippen LogP contribution in [0.15, 0.2) is 42.4 Å². The highest BCUT2D eigenvalue weighted by Gasteiger charge is 2.21. The maximum atomic E-state index is 13.1. The molecule has 0 bridgehead atoms. The van der Waals surface area contributed by atoms with Crippen molar-refractivity contribution < 1.29 is 30.3 Å². The number of nitrogens with zero attached hydrogens (tertiary/aromatic N) is 2. The van der Waals surface area contributed by atoms with Crippen molar-refractivity contribution in [3.8, 4) is 11.5 Å². The number of β-amino-alcohol motifs (C(OH)–C–C–N with tert-alkyl or cyclic N) is 1. The molecule has 6 heteroatoms. The molecule has 1 aliphatic heterocycles. The van der Waals surface area contributed by atoms with Gasteiger partial charge in [-0.15, -0.1) is 0 Å². The SMILES string of the molecule is [2H]c1c([2H])c(C)c(CC(=O)C([2H])([2H])N2CCN(CC([2H])(O)C([2H])([2H])Oc3ccccc3OC)CC2)c(C)c1[2H]. The second-order valence-electron chi connectivity index (χ2n) is 7.38. The summed E-state index contributed by atoms with van der Waals surface area (Å²) < 4.78 is 76.1. The summed E-state index contributed by atoms with van der Waals surface area (Å²) >= 11 is 0. The first-order chi connectivity index (χ1) is 18.0. The van der Waals surface area contributed by atoms with Crippen LogP contribution in [0.1, 0.15) is 27.7 Å². The largest absolute Gasteiger partial charge is 0.493 e. The Morgan fingerprint density at radius 2 is 1.77 bits per heavy atom. The van der Waals surface area contributed by atoms with Crippen molar-refractivity contribution in [2.45, 2.75) is 26.3 Å². The number of hydrogen-bond donors (Lipinski definition) is 1. The summed E-state index contributed by atoms with van der Waals surface area (Å²) in [5, 5.41) is 10.7. The van der Waals surface area contributed by atoms with E-state index in [1.54, 1.807) is 36.9 Å². The number of carbonyl (C=O) groups excluding carboxylic acids is 1. The molecule has 31 heavy (non-hydrogen) atoms. The van der Waals surface area contributed by atoms with E-state index in [1.165, 1.54) is 18.1 Å². The molecule has 0 aliphatic carbocycles. The van der Waals surface area contributed by atoms with Gasteiger partial charge in [-0.1, -0.05) is 30.3 Å². The molecule has 1 aliphatic rings. The number of aliphatic hydroxyl groups is 1. The molecule has 168 valence electrons. The number of benzene rings is 2. The fraction of sp³-hybridized carbons (Fsp3) is 0.480. The molecule has 0 radical (unpaired) electrons. The highest BCUT2D eigenvalue weighted by molar-refractivity contribution is 5.83. The van der Waals surface area contributed by atoms with E-state index in [2.05, 4.69) is 0 Å². The number of carbonyl (C=O) groups is 1. The van der Waals surface area contributed by atoms with Gasteiger partial charge in [0.2, 0.25) is 0 Å². The van der Waals surface area contributed by atoms with Crippen molar-refractivity contribution in [1.29, 1.82) is 0 Å². The minimum atomic E-state index is -2.80. The number of hydrogen-bond acceptors (Lipinski definition) is 6. The maximum absolute atomic E-state index is 13.1. The van der Waals surface area contributed by atoms with Crippen molar-refractivity contribution >= 4 is 5.78 Å². The van der Waals surface area contributed by atoms with Gasteiger partial charge in [-0.05, 0) is 42.7 Å². The van der Waals surface area contributed by atoms with Crippen LogP contribution in [-0.2, 0) is 11.2 Å². The summed E-state index contributed by atoms with van der Waals surface area (Å²) in [6, 6.07) is 5.77. The van der Waals surface area contributed by atoms with Crippen molar-refractivity contribution in [2.24, 2.45) is 0 Å². The van der Waals surface area contributed by atoms with E-state index in [0.29, 0.717) is 16.7 Å². The standard InChI is InChI=1S/C25H34N2O4/c1-19-7-6-8-20(2)23(19)15-21(28)16-26-11-13-27(14-12-26)17-22(29)18-31-25-10-5-4-9-24(25)30-3/h4-10,22,29H,11-18H2,1-3H3/i6D,7D,8D,16D2,18D2,22D. The number of ether oxygens (including phenoxy) is 2. The van der Waals surface area contributed by atoms with Gasteiger partial charge in [0.15, 0.2) is 17.3 Å². The number of ketones is 1. The summed E-state index contributed by atoms with van der Waals surface area (Å²) in [5.74, 6) is -0.459. The fourth-order valence-electron chi connectivity index (χ4n) is 3.37. The Morgan fingerprint density at radius 1 is 1.16 bits per heavy atom. The molecular weight excluding hydrogens is 392 g/mol. The van der Waals surface area contributed by atoms with E-state index in [4.69, 9.17) is 20.4 Å². The van der Waals surface area contributed by atoms with Gasteiger partial charge >= 0.3 is 0 Å². The molecule has 0 spiro atoms. The molecule has 2 aromatic carbocycles. The van der Waals surface area contributed by atoms with Gasteiger partial charge in [0.25, 0.3) is 0 Å². The normalized spacial score (nSPS) is 21.8. The predicted molar refractivity (Wildman–Crippen MR) is 122 cm³/mol. The van der Waals surface area contributed by atoms with Crippen molar-refractivity contribution in [1.82, 2.24) is 9.80 Å². The first-order valence-corrected chi connectivity index (χ1v) is 10.1. The average Bonchev–Trinajstić information content (AvgIpc) is 2.88. The molecular formula is C25H34N2O4. The Morgan fingerprint density at radius 3 is 2.42 bits per heavy atom. The summed E-state index contributed by atoms with van der Waals surface area (Å²) in [5.41, 5.74) is 1.13. The summed E-state index contributed by atoms with van der Waals surface area (Å²) in [4.78, 5) is 16.0. The predicted octanol–water partition coefficient (Wildman–Crippen LogP) is 2.48. The zero-order chi connectivity index (χ0) is 29.3. The van der Waals surface area contributed by atoms with E-state index in [9.17, 15) is 9.90 Å². The topological polar surface area (TPSA) is 62.2 Å². The van der Waals surface area contributed by atoms with Crippen LogP contribution in [0.3, 0.4) is 0 Å². The molecule has 1 fully saturated rings. The maximum Gasteiger partial charge on any atom is 0.161 e. The third kappa shape index (κ3) is 6.79. The summed E-state index contributed by atoms with van der Waals surface area (Å²) in [6.07, 6.45) is -3.00. The lowest BCUT2D eigenvalue weighted by molar-refractivity contribution is -0.120. The van der Waals surface area contributed by atoms with Crippen LogP contribution in [0.4, 0.5) is 0 Å². The number of rotatable bonds is 10. The Bertz CT molecular complexity index is 1190. The molecule has 1 N–H and O–H groups in total. The number of para-hydroxylation sites is 2. The molecule has 2 aromatic rings. The van der Waals surface area contributed by atoms with Gasteiger partial charge < -0.3 is 14.6 Å². The second-order valence-corrected chi connectivity index (χ2v) is 7.38. The number of Topliss-reactive ketones (excluding diaryl/α,β-unsaturated/α-hetero) is 1. The zero-order valence-electron chi connectivity index (χ0n) is 26.1. The third-order valence-corrected chi connectivity index (χ3v) is 5.12. The molecule has 0 saturated carbocycles. The van der Waals surface area contributed by atoms with Crippen LogP contribution in [0.2, 0.25) is 0 Å². The Labute approximate surface area is 196 Å². The summed E-state index contributed by atoms with van der Waals surface area (Å²) in [6.45, 7) is -1.91. The quantitative estimate of drug-likeness (QED) is 0.620. The number of methoxy groups -OCH3 is 1. The molecule has 0 amide bonds. The number of piperazine rings is 1. The Kier molecular flexibility index (Phi) is 5.32. The van der Waals surface area contributed by atoms with Gasteiger partial charge in [-0.3, -0.25) is 14.6 Å². The van der Waals surface area contributed by atoms with Crippen molar-refractivity contribution in [3.63, 3.8) is 0 Å². The monoisotopic (exact) mass is 434 g/mol. The lowest BCUT2D eigenvalue weighted by Gasteiger charge is -2.35. The lowest BCUT2D eigenvalue weighted by atomic mass is 9.98. The van der Waals surface area contributed by atoms with E-state index in [0.717, 1.165) is 0 Å². The Hall–Kier alpha value is -2.41. The van der Waals surface area contributed by atoms with E-state index >= 15 is 0 Å². The molecule has 1 saturated heterocycles. The lowest BCUT2D eigenvalue weighted by Crippen LogP contribution is -2.50. The van der Waals surface area contributed by atoms with Crippen LogP contribution in [0.25, 0.3) is 0 Å². The molecule has 1 heterocycles. The van der Waals surface area contributed by atoms with Gasteiger partial charge in [0.1, 0.15) is 12.6 Å².